The Hall–Kier alpha value is -4.48. The Labute approximate surface area is 284 Å². The van der Waals surface area contributed by atoms with Crippen LogP contribution in [0.15, 0.2) is 70.1 Å². The quantitative estimate of drug-likeness (QED) is 0.0937. The Morgan fingerprint density at radius 1 is 1.08 bits per heavy atom. The van der Waals surface area contributed by atoms with E-state index in [0.29, 0.717) is 42.0 Å². The monoisotopic (exact) mass is 664 g/mol. The third-order valence-electron chi connectivity index (χ3n) is 9.27. The highest BCUT2D eigenvalue weighted by Crippen LogP contribution is 2.49. The fourth-order valence-corrected chi connectivity index (χ4v) is 6.52. The van der Waals surface area contributed by atoms with Crippen molar-refractivity contribution >= 4 is 35.1 Å². The molecule has 3 N–H and O–H groups in total. The van der Waals surface area contributed by atoms with E-state index in [0.717, 1.165) is 57.1 Å². The van der Waals surface area contributed by atoms with Gasteiger partial charge in [0.15, 0.2) is 0 Å². The maximum absolute atomic E-state index is 11.5. The van der Waals surface area contributed by atoms with Crippen LogP contribution in [0.1, 0.15) is 84.3 Å². The summed E-state index contributed by atoms with van der Waals surface area (Å²) in [5, 5.41) is 13.1. The number of carboxylic acid groups (broad SMARTS) is 1. The fraction of sp³-hybridized carbons (Fsp3) is 0.378. The van der Waals surface area contributed by atoms with Gasteiger partial charge < -0.3 is 19.6 Å². The molecule has 0 spiro atoms. The van der Waals surface area contributed by atoms with Gasteiger partial charge in [-0.2, -0.15) is 4.98 Å². The number of anilines is 1. The number of rotatable bonds is 15. The Morgan fingerprint density at radius 2 is 1.88 bits per heavy atom. The number of aromatic carboxylic acids is 1. The largest absolute Gasteiger partial charge is 0.478 e. The zero-order chi connectivity index (χ0) is 33.3. The van der Waals surface area contributed by atoms with Crippen LogP contribution in [0.2, 0.25) is 0 Å². The zero-order valence-corrected chi connectivity index (χ0v) is 28.3. The molecule has 48 heavy (non-hydrogen) atoms. The van der Waals surface area contributed by atoms with E-state index in [2.05, 4.69) is 47.9 Å². The first-order valence-electron chi connectivity index (χ1n) is 16.5. The molecule has 11 heteroatoms. The molecule has 5 aromatic rings. The van der Waals surface area contributed by atoms with Crippen LogP contribution in [-0.2, 0) is 6.54 Å². The first kappa shape index (κ1) is 32.1. The van der Waals surface area contributed by atoms with Crippen molar-refractivity contribution in [3.8, 4) is 17.1 Å². The van der Waals surface area contributed by atoms with Crippen LogP contribution in [0.4, 0.5) is 5.95 Å². The molecule has 3 aromatic heterocycles. The molecule has 2 aliphatic rings. The lowest BCUT2D eigenvalue weighted by Crippen LogP contribution is -2.35. The molecule has 0 radical (unpaired) electrons. The highest BCUT2D eigenvalue weighted by Gasteiger charge is 2.37. The smallest absolute Gasteiger partial charge is 0.335 e. The first-order chi connectivity index (χ1) is 23.2. The number of ether oxygens (including phenoxy) is 1. The van der Waals surface area contributed by atoms with E-state index < -0.39 is 5.97 Å². The second kappa shape index (κ2) is 13.6. The van der Waals surface area contributed by atoms with Crippen molar-refractivity contribution in [1.29, 1.82) is 0 Å². The molecule has 7 rings (SSSR count). The van der Waals surface area contributed by atoms with Gasteiger partial charge in [0.1, 0.15) is 17.9 Å². The average molecular weight is 665 g/mol. The number of carbonyl (C=O) groups is 1. The minimum absolute atomic E-state index is 0.0643. The van der Waals surface area contributed by atoms with Gasteiger partial charge in [-0.1, -0.05) is 31.2 Å². The van der Waals surface area contributed by atoms with E-state index in [1.807, 2.05) is 24.3 Å². The van der Waals surface area contributed by atoms with Gasteiger partial charge in [-0.15, -0.1) is 0 Å². The number of aryl methyl sites for hydroxylation is 2. The summed E-state index contributed by atoms with van der Waals surface area (Å²) >= 11 is 1.26. The number of hydrogen-bond donors (Lipinski definition) is 3. The number of fused-ring (bicyclic) bond motifs is 1. The molecule has 0 saturated heterocycles. The van der Waals surface area contributed by atoms with Crippen molar-refractivity contribution in [3.63, 3.8) is 0 Å². The predicted octanol–water partition coefficient (Wildman–Crippen LogP) is 8.11. The molecule has 2 aromatic carbocycles. The van der Waals surface area contributed by atoms with Crippen LogP contribution >= 0.6 is 11.9 Å². The normalized spacial score (nSPS) is 15.7. The SMILES string of the molecule is Cc1cccc(C)c1-c1cc(OCC(CCC2(C)CC2)NCc2cnc3oc(C4CC4)cc3n2)nc(NSc2cccc(C(=O)O)c2)n1. The lowest BCUT2D eigenvalue weighted by Gasteiger charge is -2.21. The van der Waals surface area contributed by atoms with Gasteiger partial charge in [0.05, 0.1) is 23.1 Å². The molecule has 1 unspecified atom stereocenters. The Morgan fingerprint density at radius 3 is 2.62 bits per heavy atom. The van der Waals surface area contributed by atoms with Crippen LogP contribution in [0.25, 0.3) is 22.5 Å². The number of furan rings is 1. The topological polar surface area (TPSA) is 135 Å². The highest BCUT2D eigenvalue weighted by molar-refractivity contribution is 8.00. The van der Waals surface area contributed by atoms with Gasteiger partial charge in [0, 0.05) is 41.1 Å². The molecule has 0 bridgehead atoms. The summed E-state index contributed by atoms with van der Waals surface area (Å²) in [5.74, 6) is 1.37. The summed E-state index contributed by atoms with van der Waals surface area (Å²) in [6, 6.07) is 16.9. The summed E-state index contributed by atoms with van der Waals surface area (Å²) in [6.07, 6.45) is 8.73. The number of nitrogens with one attached hydrogen (secondary N) is 2. The van der Waals surface area contributed by atoms with Crippen molar-refractivity contribution in [3.05, 3.63) is 88.9 Å². The predicted molar refractivity (Wildman–Crippen MR) is 186 cm³/mol. The summed E-state index contributed by atoms with van der Waals surface area (Å²) in [5.41, 5.74) is 6.88. The first-order valence-corrected chi connectivity index (χ1v) is 17.4. The molecular weight excluding hydrogens is 625 g/mol. The van der Waals surface area contributed by atoms with Crippen molar-refractivity contribution in [2.75, 3.05) is 11.3 Å². The number of nitrogens with zero attached hydrogens (tertiary/aromatic N) is 4. The van der Waals surface area contributed by atoms with Gasteiger partial charge in [-0.25, -0.2) is 19.7 Å². The minimum Gasteiger partial charge on any atom is -0.478 e. The number of hydrogen-bond acceptors (Lipinski definition) is 10. The lowest BCUT2D eigenvalue weighted by atomic mass is 9.99. The fourth-order valence-electron chi connectivity index (χ4n) is 5.89. The lowest BCUT2D eigenvalue weighted by molar-refractivity contribution is 0.0696. The molecule has 2 saturated carbocycles. The molecule has 1 atom stereocenters. The van der Waals surface area contributed by atoms with E-state index in [1.165, 1.54) is 37.6 Å². The Bertz CT molecular complexity index is 1930. The Kier molecular flexibility index (Phi) is 9.07. The van der Waals surface area contributed by atoms with E-state index in [4.69, 9.17) is 24.1 Å². The second-order valence-corrected chi connectivity index (χ2v) is 14.3. The van der Waals surface area contributed by atoms with Crippen LogP contribution < -0.4 is 14.8 Å². The van der Waals surface area contributed by atoms with E-state index in [9.17, 15) is 9.90 Å². The Balaban J connectivity index is 1.09. The minimum atomic E-state index is -0.975. The molecule has 2 aliphatic carbocycles. The number of benzene rings is 2. The summed E-state index contributed by atoms with van der Waals surface area (Å²) in [4.78, 5) is 31.1. The molecule has 0 amide bonds. The van der Waals surface area contributed by atoms with Gasteiger partial charge in [0.2, 0.25) is 17.5 Å². The molecule has 248 valence electrons. The van der Waals surface area contributed by atoms with Crippen LogP contribution in [0, 0.1) is 19.3 Å². The maximum Gasteiger partial charge on any atom is 0.335 e. The van der Waals surface area contributed by atoms with E-state index >= 15 is 0 Å². The molecular formula is C37H40N6O4S. The summed E-state index contributed by atoms with van der Waals surface area (Å²) < 4.78 is 15.6. The molecule has 3 heterocycles. The summed E-state index contributed by atoms with van der Waals surface area (Å²) in [7, 11) is 0. The van der Waals surface area contributed by atoms with Crippen LogP contribution in [0.5, 0.6) is 5.88 Å². The standard InChI is InChI=1S/C37H40N6O4S/c1-22-6-4-7-23(2)33(22)29-18-32(42-36(41-29)43-48-28-9-5-8-25(16-28)35(44)45)46-21-26(12-13-37(3)14-15-37)38-19-27-20-39-34-30(40-27)17-31(47-34)24-10-11-24/h4-9,16-18,20,24,26,38H,10-15,19,21H2,1-3H3,(H,44,45)(H,41,42,43). The molecule has 0 aliphatic heterocycles. The molecule has 10 nitrogen and oxygen atoms in total. The number of carboxylic acids is 1. The second-order valence-electron chi connectivity index (χ2n) is 13.4. The van der Waals surface area contributed by atoms with Crippen molar-refractivity contribution < 1.29 is 19.1 Å². The van der Waals surface area contributed by atoms with Gasteiger partial charge in [0.25, 0.3) is 0 Å². The van der Waals surface area contributed by atoms with Crippen LogP contribution in [0.3, 0.4) is 0 Å². The maximum atomic E-state index is 11.5. The number of aromatic nitrogens is 4. The van der Waals surface area contributed by atoms with E-state index in [1.54, 1.807) is 24.4 Å². The molecule has 2 fully saturated rings. The van der Waals surface area contributed by atoms with Gasteiger partial charge >= 0.3 is 5.97 Å². The zero-order valence-electron chi connectivity index (χ0n) is 27.5. The van der Waals surface area contributed by atoms with Crippen LogP contribution in [-0.4, -0.2) is 43.7 Å². The average Bonchev–Trinajstić information content (AvgIpc) is 4.01. The van der Waals surface area contributed by atoms with Gasteiger partial charge in [-0.3, -0.25) is 4.72 Å². The van der Waals surface area contributed by atoms with Crippen molar-refractivity contribution in [1.82, 2.24) is 25.3 Å². The van der Waals surface area contributed by atoms with Gasteiger partial charge in [-0.05, 0) is 99.1 Å². The highest BCUT2D eigenvalue weighted by atomic mass is 32.2. The third kappa shape index (κ3) is 7.79. The third-order valence-corrected chi connectivity index (χ3v) is 10.0. The van der Waals surface area contributed by atoms with E-state index in [-0.39, 0.29) is 11.6 Å². The summed E-state index contributed by atoms with van der Waals surface area (Å²) in [6.45, 7) is 7.47. The van der Waals surface area contributed by atoms with Crippen molar-refractivity contribution in [2.24, 2.45) is 5.41 Å². The van der Waals surface area contributed by atoms with Crippen molar-refractivity contribution in [2.45, 2.75) is 82.7 Å².